The lowest BCUT2D eigenvalue weighted by molar-refractivity contribution is -0.149. The molecule has 0 heterocycles. The first kappa shape index (κ1) is 20.0. The zero-order valence-corrected chi connectivity index (χ0v) is 18.1. The summed E-state index contributed by atoms with van der Waals surface area (Å²) in [6, 6.07) is 0. The van der Waals surface area contributed by atoms with Crippen LogP contribution in [-0.2, 0) is 14.0 Å². The minimum absolute atomic E-state index is 0.00313. The molecule has 3 nitrogen and oxygen atoms in total. The molecule has 0 spiro atoms. The number of carbonyl (C=O) groups excluding carboxylic acids is 1. The maximum atomic E-state index is 12.1. The molecule has 0 bridgehead atoms. The Bertz CT molecular complexity index is 468. The molecule has 2 aliphatic carbocycles. The van der Waals surface area contributed by atoms with E-state index in [1.807, 2.05) is 0 Å². The van der Waals surface area contributed by atoms with Gasteiger partial charge in [0.2, 0.25) is 0 Å². The normalized spacial score (nSPS) is 35.4. The summed E-state index contributed by atoms with van der Waals surface area (Å²) in [7, 11) is -0.243. The summed E-state index contributed by atoms with van der Waals surface area (Å²) < 4.78 is 11.9. The van der Waals surface area contributed by atoms with Crippen molar-refractivity contribution in [2.45, 2.75) is 91.0 Å². The number of rotatable bonds is 4. The third-order valence-electron chi connectivity index (χ3n) is 7.56. The molecule has 2 rings (SSSR count). The monoisotopic (exact) mass is 354 g/mol. The maximum Gasteiger partial charge on any atom is 0.308 e. The first-order chi connectivity index (χ1) is 10.9. The zero-order valence-electron chi connectivity index (χ0n) is 17.1. The van der Waals surface area contributed by atoms with Crippen LogP contribution in [0.2, 0.25) is 18.1 Å². The van der Waals surface area contributed by atoms with Gasteiger partial charge in [0, 0.05) is 6.10 Å². The van der Waals surface area contributed by atoms with Crippen LogP contribution in [0.3, 0.4) is 0 Å². The van der Waals surface area contributed by atoms with Gasteiger partial charge in [0.1, 0.15) is 0 Å². The van der Waals surface area contributed by atoms with Crippen LogP contribution in [-0.4, -0.2) is 27.5 Å². The standard InChI is InChI=1S/C20H38O3Si/c1-14(18(21)22-6)15-11-12-16-17(10-9-13-20(15,16)5)23-24(7,8)19(2,3)4/h14-17H,9-13H2,1-8H3/t14-,15-,16-,17-,20+/m0/s1. The maximum absolute atomic E-state index is 12.1. The Kier molecular flexibility index (Phi) is 5.62. The van der Waals surface area contributed by atoms with Gasteiger partial charge in [-0.1, -0.05) is 41.0 Å². The molecule has 0 amide bonds. The quantitative estimate of drug-likeness (QED) is 0.501. The zero-order chi connectivity index (χ0) is 18.3. The lowest BCUT2D eigenvalue weighted by Gasteiger charge is -2.49. The Morgan fingerprint density at radius 2 is 1.83 bits per heavy atom. The largest absolute Gasteiger partial charge is 0.469 e. The summed E-state index contributed by atoms with van der Waals surface area (Å²) in [6.45, 7) is 16.2. The van der Waals surface area contributed by atoms with E-state index in [4.69, 9.17) is 9.16 Å². The number of methoxy groups -OCH3 is 1. The summed E-state index contributed by atoms with van der Waals surface area (Å²) in [5.41, 5.74) is 0.221. The van der Waals surface area contributed by atoms with Gasteiger partial charge in [-0.05, 0) is 61.1 Å². The molecule has 24 heavy (non-hydrogen) atoms. The second kappa shape index (κ2) is 6.75. The Labute approximate surface area is 150 Å². The van der Waals surface area contributed by atoms with E-state index in [1.165, 1.54) is 32.8 Å². The molecule has 0 radical (unpaired) electrons. The number of fused-ring (bicyclic) bond motifs is 1. The SMILES string of the molecule is COC(=O)[C@@H](C)[C@@H]1CC[C@H]2[C@@H](O[Si](C)(C)C(C)(C)C)CCC[C@@]21C. The predicted octanol–water partition coefficient (Wildman–Crippen LogP) is 5.40. The average Bonchev–Trinajstić information content (AvgIpc) is 2.82. The molecular formula is C20H38O3Si. The Balaban J connectivity index is 2.19. The van der Waals surface area contributed by atoms with Crippen molar-refractivity contribution in [1.82, 2.24) is 0 Å². The molecule has 2 saturated carbocycles. The molecule has 4 heteroatoms. The van der Waals surface area contributed by atoms with Crippen LogP contribution in [0.1, 0.15) is 66.7 Å². The summed E-state index contributed by atoms with van der Waals surface area (Å²) in [6.07, 6.45) is 6.33. The number of hydrogen-bond donors (Lipinski definition) is 0. The van der Waals surface area contributed by atoms with Gasteiger partial charge in [-0.3, -0.25) is 4.79 Å². The van der Waals surface area contributed by atoms with Crippen LogP contribution in [0.4, 0.5) is 0 Å². The van der Waals surface area contributed by atoms with Crippen molar-refractivity contribution in [3.63, 3.8) is 0 Å². The van der Waals surface area contributed by atoms with Crippen LogP contribution in [0, 0.1) is 23.2 Å². The molecule has 0 aromatic heterocycles. The highest BCUT2D eigenvalue weighted by Gasteiger charge is 2.55. The topological polar surface area (TPSA) is 35.5 Å². The van der Waals surface area contributed by atoms with E-state index in [9.17, 15) is 4.79 Å². The van der Waals surface area contributed by atoms with E-state index < -0.39 is 8.32 Å². The summed E-state index contributed by atoms with van der Waals surface area (Å²) in [5.74, 6) is 0.976. The molecule has 2 fully saturated rings. The minimum atomic E-state index is -1.75. The van der Waals surface area contributed by atoms with Crippen LogP contribution in [0.25, 0.3) is 0 Å². The first-order valence-corrected chi connectivity index (χ1v) is 12.6. The van der Waals surface area contributed by atoms with E-state index in [0.29, 0.717) is 17.9 Å². The Hall–Kier alpha value is -0.353. The molecule has 0 saturated heterocycles. The van der Waals surface area contributed by atoms with E-state index in [-0.39, 0.29) is 22.3 Å². The number of esters is 1. The smallest absolute Gasteiger partial charge is 0.308 e. The highest BCUT2D eigenvalue weighted by molar-refractivity contribution is 6.74. The van der Waals surface area contributed by atoms with Crippen molar-refractivity contribution in [1.29, 1.82) is 0 Å². The van der Waals surface area contributed by atoms with Crippen LogP contribution < -0.4 is 0 Å². The van der Waals surface area contributed by atoms with Crippen molar-refractivity contribution < 1.29 is 14.0 Å². The Morgan fingerprint density at radius 3 is 2.38 bits per heavy atom. The fourth-order valence-electron chi connectivity index (χ4n) is 5.03. The van der Waals surface area contributed by atoms with Crippen LogP contribution in [0.5, 0.6) is 0 Å². The fraction of sp³-hybridized carbons (Fsp3) is 0.950. The third-order valence-corrected chi connectivity index (χ3v) is 12.1. The highest BCUT2D eigenvalue weighted by Crippen LogP contribution is 2.59. The molecule has 0 aromatic rings. The van der Waals surface area contributed by atoms with Gasteiger partial charge < -0.3 is 9.16 Å². The van der Waals surface area contributed by atoms with Gasteiger partial charge in [-0.2, -0.15) is 0 Å². The number of ether oxygens (including phenoxy) is 1. The van der Waals surface area contributed by atoms with Crippen LogP contribution >= 0.6 is 0 Å². The van der Waals surface area contributed by atoms with Gasteiger partial charge in [-0.25, -0.2) is 0 Å². The van der Waals surface area contributed by atoms with Crippen molar-refractivity contribution >= 4 is 14.3 Å². The molecule has 5 atom stereocenters. The summed E-state index contributed by atoms with van der Waals surface area (Å²) >= 11 is 0. The van der Waals surface area contributed by atoms with Gasteiger partial charge in [-0.15, -0.1) is 0 Å². The molecule has 0 aliphatic heterocycles. The number of carbonyl (C=O) groups is 1. The van der Waals surface area contributed by atoms with E-state index >= 15 is 0 Å². The molecule has 2 aliphatic rings. The molecule has 0 aromatic carbocycles. The van der Waals surface area contributed by atoms with Gasteiger partial charge >= 0.3 is 5.97 Å². The van der Waals surface area contributed by atoms with E-state index in [0.717, 1.165) is 6.42 Å². The lowest BCUT2D eigenvalue weighted by Crippen LogP contribution is -2.50. The molecule has 0 unspecified atom stereocenters. The Morgan fingerprint density at radius 1 is 1.21 bits per heavy atom. The lowest BCUT2D eigenvalue weighted by atomic mass is 9.62. The summed E-state index contributed by atoms with van der Waals surface area (Å²) in [5, 5.41) is 0.248. The third kappa shape index (κ3) is 3.46. The van der Waals surface area contributed by atoms with Crippen molar-refractivity contribution in [2.24, 2.45) is 23.2 Å². The second-order valence-electron chi connectivity index (χ2n) is 9.92. The summed E-state index contributed by atoms with van der Waals surface area (Å²) in [4.78, 5) is 12.1. The van der Waals surface area contributed by atoms with Crippen molar-refractivity contribution in [3.8, 4) is 0 Å². The highest BCUT2D eigenvalue weighted by atomic mass is 28.4. The minimum Gasteiger partial charge on any atom is -0.469 e. The first-order valence-electron chi connectivity index (χ1n) is 9.69. The molecular weight excluding hydrogens is 316 g/mol. The molecule has 0 N–H and O–H groups in total. The second-order valence-corrected chi connectivity index (χ2v) is 14.7. The van der Waals surface area contributed by atoms with E-state index in [2.05, 4.69) is 47.7 Å². The predicted molar refractivity (Wildman–Crippen MR) is 101 cm³/mol. The average molecular weight is 355 g/mol. The fourth-order valence-corrected chi connectivity index (χ4v) is 6.42. The van der Waals surface area contributed by atoms with Crippen LogP contribution in [0.15, 0.2) is 0 Å². The van der Waals surface area contributed by atoms with Gasteiger partial charge in [0.15, 0.2) is 8.32 Å². The van der Waals surface area contributed by atoms with Crippen molar-refractivity contribution in [2.75, 3.05) is 7.11 Å². The van der Waals surface area contributed by atoms with Gasteiger partial charge in [0.25, 0.3) is 0 Å². The van der Waals surface area contributed by atoms with Crippen molar-refractivity contribution in [3.05, 3.63) is 0 Å². The van der Waals surface area contributed by atoms with Gasteiger partial charge in [0.05, 0.1) is 13.0 Å². The number of hydrogen-bond acceptors (Lipinski definition) is 3. The van der Waals surface area contributed by atoms with E-state index in [1.54, 1.807) is 0 Å². The molecule has 140 valence electrons.